The van der Waals surface area contributed by atoms with Gasteiger partial charge in [0.1, 0.15) is 5.69 Å². The lowest BCUT2D eigenvalue weighted by Gasteiger charge is -2.06. The van der Waals surface area contributed by atoms with E-state index in [-0.39, 0.29) is 5.91 Å². The van der Waals surface area contributed by atoms with Gasteiger partial charge < -0.3 is 5.32 Å². The minimum absolute atomic E-state index is 0.251. The molecule has 0 aliphatic heterocycles. The maximum Gasteiger partial charge on any atom is 0.274 e. The van der Waals surface area contributed by atoms with E-state index in [9.17, 15) is 4.79 Å². The highest BCUT2D eigenvalue weighted by Crippen LogP contribution is 2.14. The Kier molecular flexibility index (Phi) is 3.80. The summed E-state index contributed by atoms with van der Waals surface area (Å²) < 4.78 is 0. The second kappa shape index (κ2) is 6.06. The quantitative estimate of drug-likeness (QED) is 0.801. The Labute approximate surface area is 128 Å². The number of nitriles is 1. The van der Waals surface area contributed by atoms with Crippen LogP contribution in [0.3, 0.4) is 0 Å². The van der Waals surface area contributed by atoms with E-state index in [2.05, 4.69) is 16.4 Å². The van der Waals surface area contributed by atoms with Gasteiger partial charge in [0.15, 0.2) is 0 Å². The molecular weight excluding hydrogens is 274 g/mol. The lowest BCUT2D eigenvalue weighted by Crippen LogP contribution is -2.13. The SMILES string of the molecule is N#CCc1ccc(NC(=O)c2ccc3ccccc3n2)cc1. The Balaban J connectivity index is 1.79. The van der Waals surface area contributed by atoms with Crippen LogP contribution in [-0.2, 0) is 6.42 Å². The van der Waals surface area contributed by atoms with Crippen LogP contribution in [0.1, 0.15) is 16.1 Å². The molecule has 0 fully saturated rings. The molecule has 106 valence electrons. The Morgan fingerprint density at radius 2 is 1.82 bits per heavy atom. The minimum atomic E-state index is -0.251. The number of amides is 1. The molecule has 1 amide bonds. The van der Waals surface area contributed by atoms with E-state index < -0.39 is 0 Å². The van der Waals surface area contributed by atoms with Gasteiger partial charge in [-0.1, -0.05) is 36.4 Å². The smallest absolute Gasteiger partial charge is 0.274 e. The topological polar surface area (TPSA) is 65.8 Å². The van der Waals surface area contributed by atoms with Crippen LogP contribution >= 0.6 is 0 Å². The summed E-state index contributed by atoms with van der Waals surface area (Å²) in [5.74, 6) is -0.251. The highest BCUT2D eigenvalue weighted by Gasteiger charge is 2.08. The van der Waals surface area contributed by atoms with Gasteiger partial charge >= 0.3 is 0 Å². The van der Waals surface area contributed by atoms with Crippen LogP contribution in [0.15, 0.2) is 60.7 Å². The summed E-state index contributed by atoms with van der Waals surface area (Å²) in [7, 11) is 0. The zero-order chi connectivity index (χ0) is 15.4. The highest BCUT2D eigenvalue weighted by atomic mass is 16.1. The molecule has 0 saturated carbocycles. The first kappa shape index (κ1) is 13.8. The average Bonchev–Trinajstić information content (AvgIpc) is 2.56. The van der Waals surface area contributed by atoms with Crippen LogP contribution in [-0.4, -0.2) is 10.9 Å². The van der Waals surface area contributed by atoms with Crippen molar-refractivity contribution in [3.05, 3.63) is 71.9 Å². The molecule has 0 saturated heterocycles. The molecule has 4 nitrogen and oxygen atoms in total. The number of fused-ring (bicyclic) bond motifs is 1. The van der Waals surface area contributed by atoms with Gasteiger partial charge in [-0.2, -0.15) is 5.26 Å². The Hall–Kier alpha value is -3.19. The van der Waals surface area contributed by atoms with Gasteiger partial charge in [0.2, 0.25) is 0 Å². The average molecular weight is 287 g/mol. The van der Waals surface area contributed by atoms with E-state index in [4.69, 9.17) is 5.26 Å². The molecule has 4 heteroatoms. The highest BCUT2D eigenvalue weighted by molar-refractivity contribution is 6.04. The number of hydrogen-bond acceptors (Lipinski definition) is 3. The van der Waals surface area contributed by atoms with E-state index in [1.807, 2.05) is 42.5 Å². The fraction of sp³-hybridized carbons (Fsp3) is 0.0556. The number of benzene rings is 2. The van der Waals surface area contributed by atoms with Crippen LogP contribution in [0.5, 0.6) is 0 Å². The number of rotatable bonds is 3. The van der Waals surface area contributed by atoms with Gasteiger partial charge in [0.05, 0.1) is 18.0 Å². The molecule has 0 spiro atoms. The number of pyridine rings is 1. The molecule has 1 heterocycles. The Morgan fingerprint density at radius 1 is 1.05 bits per heavy atom. The molecule has 2 aromatic carbocycles. The first-order chi connectivity index (χ1) is 10.8. The van der Waals surface area contributed by atoms with Crippen LogP contribution in [0, 0.1) is 11.3 Å². The van der Waals surface area contributed by atoms with Crippen LogP contribution in [0.25, 0.3) is 10.9 Å². The van der Waals surface area contributed by atoms with Crippen molar-refractivity contribution >= 4 is 22.5 Å². The molecular formula is C18H13N3O. The maximum atomic E-state index is 12.2. The van der Waals surface area contributed by atoms with Crippen molar-refractivity contribution in [2.75, 3.05) is 5.32 Å². The molecule has 0 atom stereocenters. The third-order valence-corrected chi connectivity index (χ3v) is 3.33. The van der Waals surface area contributed by atoms with E-state index in [1.54, 1.807) is 18.2 Å². The predicted molar refractivity (Wildman–Crippen MR) is 85.5 cm³/mol. The molecule has 3 aromatic rings. The maximum absolute atomic E-state index is 12.2. The molecule has 1 N–H and O–H groups in total. The monoisotopic (exact) mass is 287 g/mol. The van der Waals surface area contributed by atoms with Crippen LogP contribution in [0.4, 0.5) is 5.69 Å². The molecule has 22 heavy (non-hydrogen) atoms. The van der Waals surface area contributed by atoms with E-state index in [0.29, 0.717) is 17.8 Å². The number of carbonyl (C=O) groups excluding carboxylic acids is 1. The van der Waals surface area contributed by atoms with Gasteiger partial charge in [-0.3, -0.25) is 4.79 Å². The lowest BCUT2D eigenvalue weighted by molar-refractivity contribution is 0.102. The van der Waals surface area contributed by atoms with Crippen LogP contribution < -0.4 is 5.32 Å². The van der Waals surface area contributed by atoms with Crippen molar-refractivity contribution < 1.29 is 4.79 Å². The summed E-state index contributed by atoms with van der Waals surface area (Å²) in [4.78, 5) is 16.6. The molecule has 1 aromatic heterocycles. The summed E-state index contributed by atoms with van der Waals surface area (Å²) in [5.41, 5.74) is 2.77. The number of nitrogens with one attached hydrogen (secondary N) is 1. The zero-order valence-electron chi connectivity index (χ0n) is 11.8. The summed E-state index contributed by atoms with van der Waals surface area (Å²) in [6.07, 6.45) is 0.362. The number of hydrogen-bond donors (Lipinski definition) is 1. The first-order valence-corrected chi connectivity index (χ1v) is 6.89. The van der Waals surface area contributed by atoms with Crippen molar-refractivity contribution in [3.8, 4) is 6.07 Å². The summed E-state index contributed by atoms with van der Waals surface area (Å²) >= 11 is 0. The largest absolute Gasteiger partial charge is 0.321 e. The molecule has 3 rings (SSSR count). The molecule has 0 unspecified atom stereocenters. The molecule has 0 bridgehead atoms. The van der Waals surface area contributed by atoms with E-state index in [0.717, 1.165) is 16.5 Å². The molecule has 0 aliphatic rings. The summed E-state index contributed by atoms with van der Waals surface area (Å²) in [6, 6.07) is 20.6. The Bertz CT molecular complexity index is 863. The van der Waals surface area contributed by atoms with Gasteiger partial charge in [0, 0.05) is 11.1 Å². The number of para-hydroxylation sites is 1. The normalized spacial score (nSPS) is 10.1. The second-order valence-corrected chi connectivity index (χ2v) is 4.88. The fourth-order valence-corrected chi connectivity index (χ4v) is 2.18. The van der Waals surface area contributed by atoms with Gasteiger partial charge in [0.25, 0.3) is 5.91 Å². The van der Waals surface area contributed by atoms with Crippen LogP contribution in [0.2, 0.25) is 0 Å². The standard InChI is InChI=1S/C18H13N3O/c19-12-11-13-5-8-15(9-6-13)20-18(22)17-10-7-14-3-1-2-4-16(14)21-17/h1-10H,11H2,(H,20,22). The number of aromatic nitrogens is 1. The van der Waals surface area contributed by atoms with Crippen molar-refractivity contribution in [2.24, 2.45) is 0 Å². The third-order valence-electron chi connectivity index (χ3n) is 3.33. The van der Waals surface area contributed by atoms with Gasteiger partial charge in [-0.15, -0.1) is 0 Å². The number of nitrogens with zero attached hydrogens (tertiary/aromatic N) is 2. The van der Waals surface area contributed by atoms with Crippen molar-refractivity contribution in [2.45, 2.75) is 6.42 Å². The zero-order valence-corrected chi connectivity index (χ0v) is 11.8. The predicted octanol–water partition coefficient (Wildman–Crippen LogP) is 3.55. The summed E-state index contributed by atoms with van der Waals surface area (Å²) in [5, 5.41) is 12.4. The van der Waals surface area contributed by atoms with E-state index in [1.165, 1.54) is 0 Å². The minimum Gasteiger partial charge on any atom is -0.321 e. The lowest BCUT2D eigenvalue weighted by atomic mass is 10.1. The molecule has 0 radical (unpaired) electrons. The van der Waals surface area contributed by atoms with Crippen molar-refractivity contribution in [3.63, 3.8) is 0 Å². The van der Waals surface area contributed by atoms with Crippen molar-refractivity contribution in [1.82, 2.24) is 4.98 Å². The fourth-order valence-electron chi connectivity index (χ4n) is 2.18. The second-order valence-electron chi connectivity index (χ2n) is 4.88. The molecule has 0 aliphatic carbocycles. The summed E-state index contributed by atoms with van der Waals surface area (Å²) in [6.45, 7) is 0. The first-order valence-electron chi connectivity index (χ1n) is 6.89. The number of carbonyl (C=O) groups is 1. The number of anilines is 1. The van der Waals surface area contributed by atoms with Crippen molar-refractivity contribution in [1.29, 1.82) is 5.26 Å². The van der Waals surface area contributed by atoms with Gasteiger partial charge in [-0.05, 0) is 29.8 Å². The Morgan fingerprint density at radius 3 is 2.59 bits per heavy atom. The van der Waals surface area contributed by atoms with E-state index >= 15 is 0 Å². The van der Waals surface area contributed by atoms with Gasteiger partial charge in [-0.25, -0.2) is 4.98 Å². The third kappa shape index (κ3) is 2.94.